The molecule has 2 nitrogen and oxygen atoms in total. The van der Waals surface area contributed by atoms with E-state index in [9.17, 15) is 0 Å². The van der Waals surface area contributed by atoms with Crippen LogP contribution in [-0.4, -0.2) is 12.7 Å². The minimum Gasteiger partial charge on any atom is -0.462 e. The van der Waals surface area contributed by atoms with Gasteiger partial charge in [-0.25, -0.2) is 0 Å². The molecular weight excluding hydrogens is 128 g/mol. The summed E-state index contributed by atoms with van der Waals surface area (Å²) in [6.07, 6.45) is 1.31. The van der Waals surface area contributed by atoms with E-state index in [4.69, 9.17) is 9.47 Å². The maximum Gasteiger partial charge on any atom is 0.278 e. The molecule has 0 aromatic heterocycles. The highest BCUT2D eigenvalue weighted by molar-refractivity contribution is 4.98. The van der Waals surface area contributed by atoms with Crippen LogP contribution in [0.2, 0.25) is 0 Å². The van der Waals surface area contributed by atoms with E-state index < -0.39 is 0 Å². The summed E-state index contributed by atoms with van der Waals surface area (Å²) in [5.41, 5.74) is 1.12. The molecule has 0 aromatic carbocycles. The molecule has 0 N–H and O–H groups in total. The van der Waals surface area contributed by atoms with Crippen molar-refractivity contribution >= 4 is 0 Å². The fourth-order valence-electron chi connectivity index (χ4n) is 0.851. The SMILES string of the molecule is CCC1COC(=C(C)C)O1. The smallest absolute Gasteiger partial charge is 0.278 e. The lowest BCUT2D eigenvalue weighted by Crippen LogP contribution is -2.05. The van der Waals surface area contributed by atoms with Crippen molar-refractivity contribution in [3.05, 3.63) is 11.5 Å². The Morgan fingerprint density at radius 3 is 2.60 bits per heavy atom. The van der Waals surface area contributed by atoms with Gasteiger partial charge in [0.05, 0.1) is 0 Å². The number of rotatable bonds is 1. The van der Waals surface area contributed by atoms with E-state index in [0.29, 0.717) is 0 Å². The van der Waals surface area contributed by atoms with Crippen molar-refractivity contribution < 1.29 is 9.47 Å². The van der Waals surface area contributed by atoms with E-state index >= 15 is 0 Å². The van der Waals surface area contributed by atoms with Crippen LogP contribution in [0.3, 0.4) is 0 Å². The minimum atomic E-state index is 0.282. The van der Waals surface area contributed by atoms with Crippen molar-refractivity contribution in [2.75, 3.05) is 6.61 Å². The van der Waals surface area contributed by atoms with Crippen molar-refractivity contribution in [2.45, 2.75) is 33.3 Å². The summed E-state index contributed by atoms with van der Waals surface area (Å²) in [5.74, 6) is 0.729. The molecule has 1 heterocycles. The number of hydrogen-bond donors (Lipinski definition) is 0. The fourth-order valence-corrected chi connectivity index (χ4v) is 0.851. The van der Waals surface area contributed by atoms with Crippen molar-refractivity contribution in [1.29, 1.82) is 0 Å². The minimum absolute atomic E-state index is 0.282. The van der Waals surface area contributed by atoms with Crippen LogP contribution in [0.15, 0.2) is 11.5 Å². The third-order valence-corrected chi connectivity index (χ3v) is 1.54. The summed E-state index contributed by atoms with van der Waals surface area (Å²) in [6.45, 7) is 6.81. The molecule has 1 saturated heterocycles. The average Bonchev–Trinajstić information content (AvgIpc) is 2.34. The summed E-state index contributed by atoms with van der Waals surface area (Å²) >= 11 is 0. The van der Waals surface area contributed by atoms with Crippen molar-refractivity contribution in [3.63, 3.8) is 0 Å². The first-order chi connectivity index (χ1) is 4.74. The van der Waals surface area contributed by atoms with Gasteiger partial charge < -0.3 is 9.47 Å². The highest BCUT2D eigenvalue weighted by Gasteiger charge is 2.20. The van der Waals surface area contributed by atoms with Crippen LogP contribution in [0, 0.1) is 0 Å². The van der Waals surface area contributed by atoms with E-state index in [0.717, 1.165) is 24.5 Å². The molecular formula is C8H14O2. The highest BCUT2D eigenvalue weighted by Crippen LogP contribution is 2.19. The topological polar surface area (TPSA) is 18.5 Å². The zero-order valence-electron chi connectivity index (χ0n) is 6.81. The second-order valence-corrected chi connectivity index (χ2v) is 2.75. The van der Waals surface area contributed by atoms with Crippen LogP contribution in [0.25, 0.3) is 0 Å². The zero-order chi connectivity index (χ0) is 7.56. The molecule has 0 aromatic rings. The Balaban J connectivity index is 2.51. The first-order valence-corrected chi connectivity index (χ1v) is 3.71. The van der Waals surface area contributed by atoms with Gasteiger partial charge in [0.15, 0.2) is 0 Å². The normalized spacial score (nSPS) is 23.9. The van der Waals surface area contributed by atoms with Gasteiger partial charge in [-0.3, -0.25) is 0 Å². The van der Waals surface area contributed by atoms with Gasteiger partial charge in [-0.1, -0.05) is 6.92 Å². The molecule has 0 amide bonds. The predicted octanol–water partition coefficient (Wildman–Crippen LogP) is 2.06. The third-order valence-electron chi connectivity index (χ3n) is 1.54. The lowest BCUT2D eigenvalue weighted by atomic mass is 10.3. The average molecular weight is 142 g/mol. The molecule has 1 aliphatic rings. The van der Waals surface area contributed by atoms with E-state index in [-0.39, 0.29) is 6.10 Å². The van der Waals surface area contributed by atoms with Gasteiger partial charge in [-0.05, 0) is 20.3 Å². The molecule has 1 unspecified atom stereocenters. The van der Waals surface area contributed by atoms with Gasteiger partial charge in [-0.15, -0.1) is 0 Å². The molecule has 0 radical (unpaired) electrons. The maximum absolute atomic E-state index is 5.43. The van der Waals surface area contributed by atoms with Gasteiger partial charge in [0.25, 0.3) is 5.95 Å². The zero-order valence-corrected chi connectivity index (χ0v) is 6.81. The Hall–Kier alpha value is -0.660. The predicted molar refractivity (Wildman–Crippen MR) is 39.5 cm³/mol. The summed E-state index contributed by atoms with van der Waals surface area (Å²) < 4.78 is 10.7. The van der Waals surface area contributed by atoms with Crippen LogP contribution in [0.4, 0.5) is 0 Å². The summed E-state index contributed by atoms with van der Waals surface area (Å²) in [7, 11) is 0. The molecule has 1 atom stereocenters. The summed E-state index contributed by atoms with van der Waals surface area (Å²) in [6, 6.07) is 0. The largest absolute Gasteiger partial charge is 0.462 e. The number of allylic oxidation sites excluding steroid dienone is 1. The Morgan fingerprint density at radius 2 is 2.30 bits per heavy atom. The lowest BCUT2D eigenvalue weighted by molar-refractivity contribution is 0.136. The quantitative estimate of drug-likeness (QED) is 0.558. The molecule has 0 saturated carbocycles. The third kappa shape index (κ3) is 1.43. The fraction of sp³-hybridized carbons (Fsp3) is 0.750. The van der Waals surface area contributed by atoms with Gasteiger partial charge in [0.1, 0.15) is 12.7 Å². The lowest BCUT2D eigenvalue weighted by Gasteiger charge is -2.02. The van der Waals surface area contributed by atoms with Gasteiger partial charge in [0, 0.05) is 5.57 Å². The van der Waals surface area contributed by atoms with Crippen molar-refractivity contribution in [1.82, 2.24) is 0 Å². The van der Waals surface area contributed by atoms with Gasteiger partial charge in [-0.2, -0.15) is 0 Å². The number of ether oxygens (including phenoxy) is 2. The maximum atomic E-state index is 5.43. The summed E-state index contributed by atoms with van der Waals surface area (Å²) in [5, 5.41) is 0. The molecule has 10 heavy (non-hydrogen) atoms. The first kappa shape index (κ1) is 7.45. The van der Waals surface area contributed by atoms with E-state index in [1.807, 2.05) is 13.8 Å². The Kier molecular flexibility index (Phi) is 2.20. The monoisotopic (exact) mass is 142 g/mol. The van der Waals surface area contributed by atoms with Crippen molar-refractivity contribution in [3.8, 4) is 0 Å². The van der Waals surface area contributed by atoms with Crippen LogP contribution >= 0.6 is 0 Å². The second kappa shape index (κ2) is 2.95. The van der Waals surface area contributed by atoms with Crippen LogP contribution in [0.1, 0.15) is 27.2 Å². The molecule has 1 aliphatic heterocycles. The molecule has 0 spiro atoms. The second-order valence-electron chi connectivity index (χ2n) is 2.75. The van der Waals surface area contributed by atoms with Crippen LogP contribution in [0.5, 0.6) is 0 Å². The van der Waals surface area contributed by atoms with Crippen molar-refractivity contribution in [2.24, 2.45) is 0 Å². The van der Waals surface area contributed by atoms with E-state index in [1.54, 1.807) is 0 Å². The molecule has 0 aliphatic carbocycles. The highest BCUT2D eigenvalue weighted by atomic mass is 16.7. The van der Waals surface area contributed by atoms with Gasteiger partial charge >= 0.3 is 0 Å². The molecule has 2 heteroatoms. The molecule has 1 rings (SSSR count). The van der Waals surface area contributed by atoms with Crippen LogP contribution < -0.4 is 0 Å². The van der Waals surface area contributed by atoms with E-state index in [1.165, 1.54) is 0 Å². The summed E-state index contributed by atoms with van der Waals surface area (Å²) in [4.78, 5) is 0. The van der Waals surface area contributed by atoms with Crippen LogP contribution in [-0.2, 0) is 9.47 Å². The molecule has 58 valence electrons. The molecule has 0 bridgehead atoms. The first-order valence-electron chi connectivity index (χ1n) is 3.71. The Morgan fingerprint density at radius 1 is 1.60 bits per heavy atom. The molecule has 1 fully saturated rings. The van der Waals surface area contributed by atoms with E-state index in [2.05, 4.69) is 6.92 Å². The Labute approximate surface area is 61.8 Å². The standard InChI is InChI=1S/C8H14O2/c1-4-7-5-9-8(10-7)6(2)3/h7H,4-5H2,1-3H3. The Bertz CT molecular complexity index is 145. The number of hydrogen-bond acceptors (Lipinski definition) is 2. The van der Waals surface area contributed by atoms with Gasteiger partial charge in [0.2, 0.25) is 0 Å².